The predicted octanol–water partition coefficient (Wildman–Crippen LogP) is 3.33. The largest absolute Gasteiger partial charge is 0.463 e. The summed E-state index contributed by atoms with van der Waals surface area (Å²) in [6.45, 7) is 11.1. The van der Waals surface area contributed by atoms with E-state index in [1.54, 1.807) is 12.2 Å². The van der Waals surface area contributed by atoms with Crippen molar-refractivity contribution in [2.45, 2.75) is 64.5 Å². The summed E-state index contributed by atoms with van der Waals surface area (Å²) in [5.41, 5.74) is 1.00. The maximum atomic E-state index is 12.9. The molecule has 0 aromatic heterocycles. The molecule has 0 aliphatic heterocycles. The number of aliphatic hydroxyl groups is 1. The Hall–Kier alpha value is -2.93. The van der Waals surface area contributed by atoms with Gasteiger partial charge in [-0.25, -0.2) is 0 Å². The number of nitrogens with one attached hydrogen (secondary N) is 2. The van der Waals surface area contributed by atoms with Gasteiger partial charge in [-0.1, -0.05) is 56.3 Å². The van der Waals surface area contributed by atoms with E-state index in [9.17, 15) is 19.5 Å². The van der Waals surface area contributed by atoms with Gasteiger partial charge in [-0.3, -0.25) is 14.4 Å². The average molecular weight is 473 g/mol. The van der Waals surface area contributed by atoms with Gasteiger partial charge < -0.3 is 20.5 Å². The summed E-state index contributed by atoms with van der Waals surface area (Å²) in [7, 11) is 0. The highest BCUT2D eigenvalue weighted by molar-refractivity contribution is 5.86. The summed E-state index contributed by atoms with van der Waals surface area (Å²) in [4.78, 5) is 37.5. The van der Waals surface area contributed by atoms with Crippen LogP contribution in [0.25, 0.3) is 0 Å². The van der Waals surface area contributed by atoms with E-state index in [4.69, 9.17) is 4.74 Å². The number of carbonyl (C=O) groups is 3. The third-order valence-electron chi connectivity index (χ3n) is 5.51. The number of benzene rings is 1. The normalized spacial score (nSPS) is 13.4. The van der Waals surface area contributed by atoms with E-state index in [0.717, 1.165) is 12.0 Å². The van der Waals surface area contributed by atoms with Gasteiger partial charge in [0.2, 0.25) is 11.8 Å². The van der Waals surface area contributed by atoms with Crippen LogP contribution in [0.15, 0.2) is 55.6 Å². The molecular weight excluding hydrogens is 432 g/mol. The van der Waals surface area contributed by atoms with Crippen molar-refractivity contribution in [2.75, 3.05) is 13.2 Å². The van der Waals surface area contributed by atoms with Gasteiger partial charge in [0, 0.05) is 12.8 Å². The number of allylic oxidation sites excluding steroid dienone is 2. The van der Waals surface area contributed by atoms with Crippen molar-refractivity contribution in [3.63, 3.8) is 0 Å². The highest BCUT2D eigenvalue weighted by atomic mass is 16.5. The van der Waals surface area contributed by atoms with Crippen molar-refractivity contribution >= 4 is 17.8 Å². The molecule has 1 aromatic carbocycles. The Balaban J connectivity index is 2.65. The van der Waals surface area contributed by atoms with Crippen molar-refractivity contribution in [1.29, 1.82) is 0 Å². The van der Waals surface area contributed by atoms with E-state index in [0.29, 0.717) is 25.7 Å². The smallest absolute Gasteiger partial charge is 0.305 e. The monoisotopic (exact) mass is 472 g/mol. The summed E-state index contributed by atoms with van der Waals surface area (Å²) in [6.07, 6.45) is 5.88. The van der Waals surface area contributed by atoms with E-state index in [-0.39, 0.29) is 49.4 Å². The van der Waals surface area contributed by atoms with E-state index in [1.165, 1.54) is 0 Å². The minimum Gasteiger partial charge on any atom is -0.463 e. The van der Waals surface area contributed by atoms with Crippen molar-refractivity contribution in [3.05, 3.63) is 61.2 Å². The van der Waals surface area contributed by atoms with Crippen LogP contribution in [0.4, 0.5) is 0 Å². The van der Waals surface area contributed by atoms with Crippen LogP contribution in [0, 0.1) is 11.8 Å². The summed E-state index contributed by atoms with van der Waals surface area (Å²) in [5.74, 6) is -1.49. The average Bonchev–Trinajstić information content (AvgIpc) is 2.81. The lowest BCUT2D eigenvalue weighted by atomic mass is 9.97. The second-order valence-corrected chi connectivity index (χ2v) is 8.79. The van der Waals surface area contributed by atoms with Crippen LogP contribution in [-0.2, 0) is 25.5 Å². The van der Waals surface area contributed by atoms with Gasteiger partial charge >= 0.3 is 5.97 Å². The Morgan fingerprint density at radius 1 is 1.09 bits per heavy atom. The van der Waals surface area contributed by atoms with Crippen LogP contribution < -0.4 is 10.6 Å². The fourth-order valence-electron chi connectivity index (χ4n) is 3.40. The molecule has 0 saturated carbocycles. The maximum Gasteiger partial charge on any atom is 0.305 e. The first-order valence-electron chi connectivity index (χ1n) is 11.9. The Morgan fingerprint density at radius 3 is 2.38 bits per heavy atom. The quantitative estimate of drug-likeness (QED) is 0.183. The predicted molar refractivity (Wildman–Crippen MR) is 134 cm³/mol. The lowest BCUT2D eigenvalue weighted by Gasteiger charge is -2.25. The van der Waals surface area contributed by atoms with Crippen LogP contribution >= 0.6 is 0 Å². The van der Waals surface area contributed by atoms with Gasteiger partial charge in [0.25, 0.3) is 0 Å². The standard InChI is InChI=1S/C27H40N2O5/c1-5-7-9-15-26(32)34-19-24(20(3)4)29-27(33)22(12-6-2)17-25(31)28-23(18-30)16-21-13-10-8-11-14-21/h5-6,8,10-11,13-14,20,22-24,30H,1-2,7,9,12,15-19H2,3-4H3,(H,28,31)(H,29,33)/t22-,23-,24-/m1/s1. The first-order chi connectivity index (χ1) is 16.3. The third kappa shape index (κ3) is 11.8. The minimum atomic E-state index is -0.613. The van der Waals surface area contributed by atoms with E-state index in [2.05, 4.69) is 23.8 Å². The SMILES string of the molecule is C=CCCCC(=O)OC[C@@H](NC(=O)[C@H](CC=C)CC(=O)N[C@@H](CO)Cc1ccccc1)C(C)C. The number of aliphatic hydroxyl groups excluding tert-OH is 1. The molecule has 2 amide bonds. The summed E-state index contributed by atoms with van der Waals surface area (Å²) >= 11 is 0. The van der Waals surface area contributed by atoms with Gasteiger partial charge in [0.05, 0.1) is 24.6 Å². The third-order valence-corrected chi connectivity index (χ3v) is 5.51. The summed E-state index contributed by atoms with van der Waals surface area (Å²) in [6, 6.07) is 8.77. The molecule has 1 rings (SSSR count). The van der Waals surface area contributed by atoms with E-state index < -0.39 is 12.0 Å². The summed E-state index contributed by atoms with van der Waals surface area (Å²) < 4.78 is 5.34. The molecule has 0 aliphatic rings. The zero-order valence-electron chi connectivity index (χ0n) is 20.5. The highest BCUT2D eigenvalue weighted by Gasteiger charge is 2.26. The molecule has 1 aromatic rings. The van der Waals surface area contributed by atoms with Crippen LogP contribution in [0.5, 0.6) is 0 Å². The molecule has 34 heavy (non-hydrogen) atoms. The number of ether oxygens (including phenoxy) is 1. The zero-order chi connectivity index (χ0) is 25.3. The molecule has 0 bridgehead atoms. The Kier molecular flexibility index (Phi) is 14.2. The minimum absolute atomic E-state index is 0.0324. The molecule has 0 aliphatic carbocycles. The molecule has 188 valence electrons. The second kappa shape index (κ2) is 16.6. The van der Waals surface area contributed by atoms with Gasteiger partial charge in [-0.05, 0) is 37.2 Å². The Morgan fingerprint density at radius 2 is 1.79 bits per heavy atom. The fraction of sp³-hybridized carbons (Fsp3) is 0.519. The summed E-state index contributed by atoms with van der Waals surface area (Å²) in [5, 5.41) is 15.4. The molecular formula is C27H40N2O5. The molecule has 7 nitrogen and oxygen atoms in total. The van der Waals surface area contributed by atoms with Crippen molar-refractivity contribution in [1.82, 2.24) is 10.6 Å². The highest BCUT2D eigenvalue weighted by Crippen LogP contribution is 2.13. The second-order valence-electron chi connectivity index (χ2n) is 8.79. The van der Waals surface area contributed by atoms with E-state index >= 15 is 0 Å². The van der Waals surface area contributed by atoms with Gasteiger partial charge in [0.1, 0.15) is 6.61 Å². The first-order valence-corrected chi connectivity index (χ1v) is 11.9. The molecule has 0 unspecified atom stereocenters. The molecule has 0 spiro atoms. The Labute approximate surface area is 203 Å². The molecule has 3 atom stereocenters. The molecule has 0 fully saturated rings. The number of carbonyl (C=O) groups excluding carboxylic acids is 3. The van der Waals surface area contributed by atoms with Crippen LogP contribution in [0.2, 0.25) is 0 Å². The zero-order valence-corrected chi connectivity index (χ0v) is 20.5. The molecule has 7 heteroatoms. The fourth-order valence-corrected chi connectivity index (χ4v) is 3.40. The maximum absolute atomic E-state index is 12.9. The first kappa shape index (κ1) is 29.1. The molecule has 3 N–H and O–H groups in total. The Bertz CT molecular complexity index is 778. The van der Waals surface area contributed by atoms with Crippen molar-refractivity contribution < 1.29 is 24.2 Å². The molecule has 0 saturated heterocycles. The van der Waals surface area contributed by atoms with Crippen LogP contribution in [0.1, 0.15) is 51.5 Å². The number of hydrogen-bond donors (Lipinski definition) is 3. The van der Waals surface area contributed by atoms with Crippen molar-refractivity contribution in [2.24, 2.45) is 11.8 Å². The lowest BCUT2D eigenvalue weighted by Crippen LogP contribution is -2.46. The van der Waals surface area contributed by atoms with E-state index in [1.807, 2.05) is 44.2 Å². The number of esters is 1. The topological polar surface area (TPSA) is 105 Å². The number of unbranched alkanes of at least 4 members (excludes halogenated alkanes) is 1. The molecule has 0 radical (unpaired) electrons. The number of amides is 2. The van der Waals surface area contributed by atoms with Gasteiger partial charge in [-0.15, -0.1) is 13.2 Å². The number of rotatable bonds is 17. The van der Waals surface area contributed by atoms with Crippen LogP contribution in [0.3, 0.4) is 0 Å². The van der Waals surface area contributed by atoms with Gasteiger partial charge in [-0.2, -0.15) is 0 Å². The molecule has 0 heterocycles. The lowest BCUT2D eigenvalue weighted by molar-refractivity contribution is -0.145. The van der Waals surface area contributed by atoms with Gasteiger partial charge in [0.15, 0.2) is 0 Å². The van der Waals surface area contributed by atoms with Crippen molar-refractivity contribution in [3.8, 4) is 0 Å². The van der Waals surface area contributed by atoms with Crippen LogP contribution in [-0.4, -0.2) is 48.2 Å². The number of hydrogen-bond acceptors (Lipinski definition) is 5.